The lowest BCUT2D eigenvalue weighted by molar-refractivity contribution is -0.150. The van der Waals surface area contributed by atoms with E-state index < -0.39 is 36.0 Å². The van der Waals surface area contributed by atoms with Crippen LogP contribution in [0.5, 0.6) is 0 Å². The summed E-state index contributed by atoms with van der Waals surface area (Å²) in [6, 6.07) is 5.58. The molecule has 11 heteroatoms. The summed E-state index contributed by atoms with van der Waals surface area (Å²) in [6.07, 6.45) is 9.74. The van der Waals surface area contributed by atoms with Gasteiger partial charge in [0.05, 0.1) is 12.1 Å². The van der Waals surface area contributed by atoms with Crippen LogP contribution in [-0.2, 0) is 25.6 Å². The van der Waals surface area contributed by atoms with Gasteiger partial charge in [0.2, 0.25) is 18.1 Å². The van der Waals surface area contributed by atoms with E-state index in [1.165, 1.54) is 0 Å². The number of hydrogen-bond donors (Lipinski definition) is 6. The van der Waals surface area contributed by atoms with Crippen LogP contribution in [-0.4, -0.2) is 72.1 Å². The predicted octanol–water partition coefficient (Wildman–Crippen LogP) is 0.860. The SMILES string of the molecule is N=C(N)NCCC[C@@H]([C]=O)N(C(=O)[C@H](N)CC1CCCCC1)C(=O)[C@H](Cc1ccccc1)NC(=O)[C@@H]1CCCN1. The van der Waals surface area contributed by atoms with Crippen molar-refractivity contribution in [3.63, 3.8) is 0 Å². The molecule has 1 heterocycles. The molecule has 8 N–H and O–H groups in total. The van der Waals surface area contributed by atoms with Crippen molar-refractivity contribution in [1.82, 2.24) is 20.9 Å². The second-order valence-corrected chi connectivity index (χ2v) is 10.9. The van der Waals surface area contributed by atoms with E-state index in [1.807, 2.05) is 36.6 Å². The minimum atomic E-state index is -1.19. The van der Waals surface area contributed by atoms with Gasteiger partial charge < -0.3 is 27.4 Å². The molecule has 219 valence electrons. The molecule has 0 unspecified atom stereocenters. The molecular formula is C29H44N7O4. The van der Waals surface area contributed by atoms with Crippen LogP contribution in [0.4, 0.5) is 0 Å². The van der Waals surface area contributed by atoms with Gasteiger partial charge in [0.1, 0.15) is 12.1 Å². The number of carbonyl (C=O) groups is 3. The third-order valence-corrected chi connectivity index (χ3v) is 7.80. The lowest BCUT2D eigenvalue weighted by atomic mass is 9.84. The van der Waals surface area contributed by atoms with Gasteiger partial charge >= 0.3 is 0 Å². The number of hydrogen-bond acceptors (Lipinski definition) is 7. The summed E-state index contributed by atoms with van der Waals surface area (Å²) in [5.74, 6) is -1.54. The van der Waals surface area contributed by atoms with Crippen molar-refractivity contribution in [1.29, 1.82) is 5.41 Å². The quantitative estimate of drug-likeness (QED) is 0.111. The molecule has 1 aliphatic heterocycles. The number of amides is 3. The molecule has 1 saturated carbocycles. The van der Waals surface area contributed by atoms with E-state index in [0.29, 0.717) is 25.8 Å². The zero-order chi connectivity index (χ0) is 28.9. The second kappa shape index (κ2) is 16.1. The fourth-order valence-corrected chi connectivity index (χ4v) is 5.63. The first kappa shape index (κ1) is 31.2. The molecule has 40 heavy (non-hydrogen) atoms. The fourth-order valence-electron chi connectivity index (χ4n) is 5.63. The molecular weight excluding hydrogens is 510 g/mol. The van der Waals surface area contributed by atoms with Gasteiger partial charge in [0.25, 0.3) is 5.91 Å². The summed E-state index contributed by atoms with van der Waals surface area (Å²) in [6.45, 7) is 1.00. The highest BCUT2D eigenvalue weighted by atomic mass is 16.2. The number of rotatable bonds is 14. The summed E-state index contributed by atoms with van der Waals surface area (Å²) in [7, 11) is 0. The van der Waals surface area contributed by atoms with E-state index in [2.05, 4.69) is 16.0 Å². The third kappa shape index (κ3) is 9.41. The topological polar surface area (TPSA) is 184 Å². The normalized spacial score (nSPS) is 19.7. The Morgan fingerprint density at radius 2 is 1.80 bits per heavy atom. The maximum Gasteiger partial charge on any atom is 0.252 e. The number of carbonyl (C=O) groups excluding carboxylic acids is 4. The van der Waals surface area contributed by atoms with Crippen LogP contribution >= 0.6 is 0 Å². The van der Waals surface area contributed by atoms with Crippen molar-refractivity contribution in [2.75, 3.05) is 13.1 Å². The van der Waals surface area contributed by atoms with E-state index >= 15 is 0 Å². The van der Waals surface area contributed by atoms with Gasteiger partial charge in [-0.25, -0.2) is 0 Å². The van der Waals surface area contributed by atoms with Crippen LogP contribution < -0.4 is 27.4 Å². The molecule has 0 bridgehead atoms. The van der Waals surface area contributed by atoms with Gasteiger partial charge in [-0.15, -0.1) is 0 Å². The van der Waals surface area contributed by atoms with Gasteiger partial charge in [-0.1, -0.05) is 62.4 Å². The minimum Gasteiger partial charge on any atom is -0.370 e. The number of imide groups is 1. The van der Waals surface area contributed by atoms with Crippen molar-refractivity contribution in [3.05, 3.63) is 35.9 Å². The minimum absolute atomic E-state index is 0.119. The van der Waals surface area contributed by atoms with E-state index in [1.54, 1.807) is 0 Å². The Labute approximate surface area is 236 Å². The first-order valence-electron chi connectivity index (χ1n) is 14.5. The number of nitrogens with one attached hydrogen (secondary N) is 4. The Bertz CT molecular complexity index is 993. The van der Waals surface area contributed by atoms with E-state index in [9.17, 15) is 19.2 Å². The van der Waals surface area contributed by atoms with Gasteiger partial charge in [0.15, 0.2) is 5.96 Å². The van der Waals surface area contributed by atoms with Gasteiger partial charge in [0, 0.05) is 13.0 Å². The molecule has 1 saturated heterocycles. The van der Waals surface area contributed by atoms with Crippen molar-refractivity contribution in [2.24, 2.45) is 17.4 Å². The summed E-state index contributed by atoms with van der Waals surface area (Å²) >= 11 is 0. The largest absolute Gasteiger partial charge is 0.370 e. The van der Waals surface area contributed by atoms with Crippen LogP contribution in [0.3, 0.4) is 0 Å². The monoisotopic (exact) mass is 554 g/mol. The van der Waals surface area contributed by atoms with Gasteiger partial charge in [-0.3, -0.25) is 29.5 Å². The first-order chi connectivity index (χ1) is 19.3. The summed E-state index contributed by atoms with van der Waals surface area (Å²) in [5.41, 5.74) is 12.6. The molecule has 2 aliphatic rings. The Balaban J connectivity index is 1.86. The van der Waals surface area contributed by atoms with Crippen LogP contribution in [0, 0.1) is 11.3 Å². The van der Waals surface area contributed by atoms with Crippen molar-refractivity contribution < 1.29 is 19.2 Å². The Morgan fingerprint density at radius 1 is 1.07 bits per heavy atom. The Morgan fingerprint density at radius 3 is 2.42 bits per heavy atom. The maximum atomic E-state index is 14.1. The fraction of sp³-hybridized carbons (Fsp3) is 0.621. The first-order valence-corrected chi connectivity index (χ1v) is 14.5. The Kier molecular flexibility index (Phi) is 12.5. The molecule has 2 fully saturated rings. The van der Waals surface area contributed by atoms with E-state index in [4.69, 9.17) is 16.9 Å². The van der Waals surface area contributed by atoms with Gasteiger partial charge in [-0.05, 0) is 50.1 Å². The molecule has 4 atom stereocenters. The van der Waals surface area contributed by atoms with Crippen molar-refractivity contribution in [3.8, 4) is 0 Å². The maximum absolute atomic E-state index is 14.1. The molecule has 0 aromatic heterocycles. The van der Waals surface area contributed by atoms with Crippen LogP contribution in [0.15, 0.2) is 30.3 Å². The molecule has 1 aliphatic carbocycles. The van der Waals surface area contributed by atoms with Crippen LogP contribution in [0.25, 0.3) is 0 Å². The molecule has 0 spiro atoms. The second-order valence-electron chi connectivity index (χ2n) is 10.9. The van der Waals surface area contributed by atoms with Crippen LogP contribution in [0.2, 0.25) is 0 Å². The van der Waals surface area contributed by atoms with Crippen molar-refractivity contribution >= 4 is 30.0 Å². The number of nitrogens with zero attached hydrogens (tertiary/aromatic N) is 1. The van der Waals surface area contributed by atoms with Crippen LogP contribution in [0.1, 0.15) is 69.8 Å². The third-order valence-electron chi connectivity index (χ3n) is 7.80. The zero-order valence-electron chi connectivity index (χ0n) is 23.2. The molecule has 1 radical (unpaired) electrons. The molecule has 1 aromatic carbocycles. The molecule has 11 nitrogen and oxygen atoms in total. The highest BCUT2D eigenvalue weighted by molar-refractivity contribution is 6.03. The molecule has 1 aromatic rings. The summed E-state index contributed by atoms with van der Waals surface area (Å²) < 4.78 is 0. The lowest BCUT2D eigenvalue weighted by Gasteiger charge is -2.33. The van der Waals surface area contributed by atoms with E-state index in [0.717, 1.165) is 49.0 Å². The van der Waals surface area contributed by atoms with Gasteiger partial charge in [-0.2, -0.15) is 0 Å². The lowest BCUT2D eigenvalue weighted by Crippen LogP contribution is -2.60. The standard InChI is InChI=1S/C29H44N7O4/c30-23(17-20-9-3-1-4-10-20)27(39)36(22(19-37)13-7-16-34-29(31)32)28(40)25(18-21-11-5-2-6-12-21)35-26(38)24-14-8-15-33-24/h2,5-6,11-12,20,22-25,33H,1,3-4,7-10,13-18,30H2,(H,35,38)(H4,31,32,34)/t22-,23+,24-,25-/m0/s1. The highest BCUT2D eigenvalue weighted by Gasteiger charge is 2.39. The number of guanidine groups is 1. The smallest absolute Gasteiger partial charge is 0.252 e. The van der Waals surface area contributed by atoms with E-state index in [-0.39, 0.29) is 37.2 Å². The molecule has 3 rings (SSSR count). The predicted molar refractivity (Wildman–Crippen MR) is 153 cm³/mol. The summed E-state index contributed by atoms with van der Waals surface area (Å²) in [5, 5.41) is 16.0. The number of benzene rings is 1. The average molecular weight is 555 g/mol. The molecule has 3 amide bonds. The summed E-state index contributed by atoms with van der Waals surface area (Å²) in [4.78, 5) is 54.2. The van der Waals surface area contributed by atoms with Crippen molar-refractivity contribution in [2.45, 2.75) is 94.8 Å². The zero-order valence-corrected chi connectivity index (χ0v) is 23.2. The number of nitrogens with two attached hydrogens (primary N) is 2. The Hall–Kier alpha value is -3.31. The highest BCUT2D eigenvalue weighted by Crippen LogP contribution is 2.27. The average Bonchev–Trinajstić information content (AvgIpc) is 3.50.